The van der Waals surface area contributed by atoms with E-state index >= 15 is 0 Å². The fraction of sp³-hybridized carbons (Fsp3) is 0.529. The molecule has 0 fully saturated rings. The number of carbonyl (C=O) groups is 2. The molecule has 0 aromatic heterocycles. The van der Waals surface area contributed by atoms with Crippen molar-refractivity contribution in [3.8, 4) is 5.75 Å². The topological polar surface area (TPSA) is 94.1 Å². The van der Waals surface area contributed by atoms with Gasteiger partial charge < -0.3 is 18.9 Å². The number of aliphatic carboxylic acids is 1. The van der Waals surface area contributed by atoms with Crippen molar-refractivity contribution in [1.82, 2.24) is 5.09 Å². The first-order chi connectivity index (χ1) is 12.3. The number of unbranched alkanes of at least 4 members (excludes halogenated alkanes) is 2. The van der Waals surface area contributed by atoms with E-state index in [-0.39, 0.29) is 18.1 Å². The molecule has 0 bridgehead atoms. The zero-order chi connectivity index (χ0) is 19.6. The summed E-state index contributed by atoms with van der Waals surface area (Å²) >= 11 is 5.45. The van der Waals surface area contributed by atoms with Gasteiger partial charge in [-0.2, -0.15) is 0 Å². The van der Waals surface area contributed by atoms with Gasteiger partial charge >= 0.3 is 18.6 Å². The number of hydrogen-bond acceptors (Lipinski definition) is 6. The molecule has 1 rings (SSSR count). The molecule has 0 aliphatic carbocycles. The van der Waals surface area contributed by atoms with Gasteiger partial charge in [0.15, 0.2) is 0 Å². The van der Waals surface area contributed by atoms with E-state index in [1.54, 1.807) is 38.1 Å². The van der Waals surface area contributed by atoms with Crippen LogP contribution in [0, 0.1) is 0 Å². The number of benzene rings is 1. The highest BCUT2D eigenvalue weighted by Gasteiger charge is 2.23. The molecular weight excluding hydrogens is 377 g/mol. The number of para-hydroxylation sites is 1. The molecule has 0 saturated heterocycles. The standard InChI is InChI=1S/C17H26NO6PS/c1-13(2)23-17(21)14-9-6-7-10-15(14)24-25(26,22-3)18-12-8-4-5-11-16(19)20/h6-7,9-10,13H,4-5,8,11-12H2,1-3H3,(H,18,26)(H,19,20). The summed E-state index contributed by atoms with van der Waals surface area (Å²) in [4.78, 5) is 22.7. The number of rotatable bonds is 12. The molecule has 0 aliphatic heterocycles. The first-order valence-electron chi connectivity index (χ1n) is 8.39. The summed E-state index contributed by atoms with van der Waals surface area (Å²) in [5, 5.41) is 11.7. The minimum Gasteiger partial charge on any atom is -0.481 e. The van der Waals surface area contributed by atoms with Gasteiger partial charge in [-0.05, 0) is 50.6 Å². The van der Waals surface area contributed by atoms with Crippen molar-refractivity contribution in [2.45, 2.75) is 45.6 Å². The van der Waals surface area contributed by atoms with Crippen LogP contribution in [0.3, 0.4) is 0 Å². The molecule has 9 heteroatoms. The van der Waals surface area contributed by atoms with E-state index in [1.165, 1.54) is 7.11 Å². The molecule has 0 saturated carbocycles. The summed E-state index contributed by atoms with van der Waals surface area (Å²) in [5.74, 6) is -0.975. The first kappa shape index (κ1) is 22.6. The number of carboxylic acid groups (broad SMARTS) is 1. The summed E-state index contributed by atoms with van der Waals surface area (Å²) < 4.78 is 16.4. The molecule has 7 nitrogen and oxygen atoms in total. The van der Waals surface area contributed by atoms with Crippen molar-refractivity contribution in [3.63, 3.8) is 0 Å². The Hall–Kier alpha value is -1.47. The molecule has 0 amide bonds. The first-order valence-corrected chi connectivity index (χ1v) is 11.0. The maximum atomic E-state index is 12.2. The third kappa shape index (κ3) is 8.27. The number of carboxylic acids is 1. The minimum atomic E-state index is -2.83. The monoisotopic (exact) mass is 403 g/mol. The maximum Gasteiger partial charge on any atom is 0.342 e. The normalized spacial score (nSPS) is 13.2. The highest BCUT2D eigenvalue weighted by atomic mass is 32.5. The van der Waals surface area contributed by atoms with E-state index in [4.69, 9.17) is 30.7 Å². The molecule has 26 heavy (non-hydrogen) atoms. The number of esters is 1. The van der Waals surface area contributed by atoms with E-state index in [0.717, 1.165) is 12.8 Å². The van der Waals surface area contributed by atoms with E-state index in [0.29, 0.717) is 18.7 Å². The van der Waals surface area contributed by atoms with Crippen molar-refractivity contribution in [2.24, 2.45) is 0 Å². The Kier molecular flexibility index (Phi) is 9.80. The van der Waals surface area contributed by atoms with Gasteiger partial charge in [0, 0.05) is 20.1 Å². The van der Waals surface area contributed by atoms with Gasteiger partial charge in [-0.15, -0.1) is 0 Å². The number of nitrogens with one attached hydrogen (secondary N) is 1. The zero-order valence-electron chi connectivity index (χ0n) is 15.3. The second-order valence-corrected chi connectivity index (χ2v) is 9.14. The van der Waals surface area contributed by atoms with Crippen molar-refractivity contribution < 1.29 is 28.5 Å². The second-order valence-electron chi connectivity index (χ2n) is 5.83. The van der Waals surface area contributed by atoms with Crippen molar-refractivity contribution in [2.75, 3.05) is 13.7 Å². The SMILES string of the molecule is COP(=S)(NCCCCCC(=O)O)Oc1ccccc1C(=O)OC(C)C. The van der Waals surface area contributed by atoms with Crippen molar-refractivity contribution in [3.05, 3.63) is 29.8 Å². The van der Waals surface area contributed by atoms with Crippen LogP contribution in [0.2, 0.25) is 0 Å². The second kappa shape index (κ2) is 11.3. The van der Waals surface area contributed by atoms with Crippen LogP contribution in [-0.2, 0) is 25.9 Å². The van der Waals surface area contributed by atoms with Crippen LogP contribution < -0.4 is 9.61 Å². The Balaban J connectivity index is 2.67. The van der Waals surface area contributed by atoms with E-state index in [2.05, 4.69) is 5.09 Å². The highest BCUT2D eigenvalue weighted by molar-refractivity contribution is 8.09. The fourth-order valence-corrected chi connectivity index (χ4v) is 3.68. The van der Waals surface area contributed by atoms with Gasteiger partial charge in [0.05, 0.1) is 6.10 Å². The molecule has 0 heterocycles. The largest absolute Gasteiger partial charge is 0.481 e. The van der Waals surface area contributed by atoms with Crippen LogP contribution in [0.15, 0.2) is 24.3 Å². The third-order valence-corrected chi connectivity index (χ3v) is 5.87. The molecule has 0 spiro atoms. The number of ether oxygens (including phenoxy) is 1. The molecule has 1 unspecified atom stereocenters. The van der Waals surface area contributed by atoms with Crippen LogP contribution in [0.25, 0.3) is 0 Å². The Morgan fingerprint density at radius 2 is 1.92 bits per heavy atom. The van der Waals surface area contributed by atoms with E-state index in [1.807, 2.05) is 0 Å². The van der Waals surface area contributed by atoms with Crippen LogP contribution in [0.5, 0.6) is 5.75 Å². The molecule has 1 aromatic carbocycles. The Bertz CT molecular complexity index is 652. The van der Waals surface area contributed by atoms with Gasteiger partial charge in [-0.3, -0.25) is 4.79 Å². The van der Waals surface area contributed by atoms with Gasteiger partial charge in [0.25, 0.3) is 0 Å². The summed E-state index contributed by atoms with van der Waals surface area (Å²) in [7, 11) is 1.45. The molecule has 2 N–H and O–H groups in total. The van der Waals surface area contributed by atoms with Crippen LogP contribution in [-0.4, -0.2) is 36.8 Å². The average molecular weight is 403 g/mol. The van der Waals surface area contributed by atoms with Gasteiger partial charge in [0.1, 0.15) is 11.3 Å². The maximum absolute atomic E-state index is 12.2. The average Bonchev–Trinajstić information content (AvgIpc) is 2.57. The zero-order valence-corrected chi connectivity index (χ0v) is 17.0. The Morgan fingerprint density at radius 3 is 2.54 bits per heavy atom. The third-order valence-electron chi connectivity index (χ3n) is 3.28. The predicted octanol–water partition coefficient (Wildman–Crippen LogP) is 3.74. The lowest BCUT2D eigenvalue weighted by Crippen LogP contribution is -2.18. The van der Waals surface area contributed by atoms with Crippen LogP contribution >= 0.6 is 6.64 Å². The minimum absolute atomic E-state index is 0.153. The Labute approximate surface area is 159 Å². The predicted molar refractivity (Wildman–Crippen MR) is 103 cm³/mol. The lowest BCUT2D eigenvalue weighted by atomic mass is 10.2. The van der Waals surface area contributed by atoms with E-state index in [9.17, 15) is 9.59 Å². The summed E-state index contributed by atoms with van der Waals surface area (Å²) in [6.45, 7) is 1.24. The van der Waals surface area contributed by atoms with Gasteiger partial charge in [0.2, 0.25) is 0 Å². The van der Waals surface area contributed by atoms with Gasteiger partial charge in [-0.25, -0.2) is 9.88 Å². The van der Waals surface area contributed by atoms with Gasteiger partial charge in [-0.1, -0.05) is 18.6 Å². The molecule has 1 atom stereocenters. The molecular formula is C17H26NO6PS. The smallest absolute Gasteiger partial charge is 0.342 e. The summed E-state index contributed by atoms with van der Waals surface area (Å²) in [6, 6.07) is 6.71. The highest BCUT2D eigenvalue weighted by Crippen LogP contribution is 2.44. The lowest BCUT2D eigenvalue weighted by Gasteiger charge is -2.23. The summed E-state index contributed by atoms with van der Waals surface area (Å²) in [5.41, 5.74) is 0.288. The lowest BCUT2D eigenvalue weighted by molar-refractivity contribution is -0.137. The summed E-state index contributed by atoms with van der Waals surface area (Å²) in [6.07, 6.45) is 2.02. The Morgan fingerprint density at radius 1 is 1.23 bits per heavy atom. The fourth-order valence-electron chi connectivity index (χ4n) is 2.05. The quantitative estimate of drug-likeness (QED) is 0.310. The number of hydrogen-bond donors (Lipinski definition) is 2. The number of carbonyl (C=O) groups excluding carboxylic acids is 1. The van der Waals surface area contributed by atoms with Crippen molar-refractivity contribution >= 4 is 30.4 Å². The molecule has 1 aromatic rings. The molecule has 146 valence electrons. The molecule has 0 aliphatic rings. The van der Waals surface area contributed by atoms with E-state index < -0.39 is 18.6 Å². The van der Waals surface area contributed by atoms with Crippen molar-refractivity contribution in [1.29, 1.82) is 0 Å². The van der Waals surface area contributed by atoms with Crippen LogP contribution in [0.1, 0.15) is 49.9 Å². The molecule has 0 radical (unpaired) electrons. The van der Waals surface area contributed by atoms with Crippen LogP contribution in [0.4, 0.5) is 0 Å².